The molecule has 0 aliphatic carbocycles. The smallest absolute Gasteiger partial charge is 0.0701 e. The van der Waals surface area contributed by atoms with E-state index in [-0.39, 0.29) is 0 Å². The second kappa shape index (κ2) is 4.18. The van der Waals surface area contributed by atoms with Crippen molar-refractivity contribution in [1.29, 1.82) is 0 Å². The van der Waals surface area contributed by atoms with Gasteiger partial charge in [0.15, 0.2) is 0 Å². The quantitative estimate of drug-likeness (QED) is 0.761. The van der Waals surface area contributed by atoms with Crippen molar-refractivity contribution in [1.82, 2.24) is 15.5 Å². The van der Waals surface area contributed by atoms with Crippen molar-refractivity contribution >= 4 is 11.8 Å². The minimum atomic E-state index is 0.714. The average Bonchev–Trinajstić information content (AvgIpc) is 2.74. The van der Waals surface area contributed by atoms with Crippen molar-refractivity contribution in [3.8, 4) is 0 Å². The van der Waals surface area contributed by atoms with E-state index in [4.69, 9.17) is 0 Å². The first-order valence-corrected chi connectivity index (χ1v) is 6.95. The molecule has 0 spiro atoms. The largest absolute Gasteiger partial charge is 0.312 e. The van der Waals surface area contributed by atoms with Gasteiger partial charge in [0, 0.05) is 36.7 Å². The maximum absolute atomic E-state index is 4.55. The van der Waals surface area contributed by atoms with Crippen LogP contribution < -0.4 is 5.32 Å². The van der Waals surface area contributed by atoms with Gasteiger partial charge in [-0.2, -0.15) is 16.9 Å². The molecule has 15 heavy (non-hydrogen) atoms. The normalized spacial score (nSPS) is 22.7. The molecule has 0 unspecified atom stereocenters. The maximum atomic E-state index is 4.55. The molecule has 1 aromatic rings. The molecule has 2 N–H and O–H groups in total. The highest BCUT2D eigenvalue weighted by atomic mass is 32.2. The van der Waals surface area contributed by atoms with Crippen LogP contribution in [0.1, 0.15) is 35.7 Å². The second-order valence-corrected chi connectivity index (χ2v) is 5.60. The van der Waals surface area contributed by atoms with E-state index >= 15 is 0 Å². The number of nitrogens with one attached hydrogen (secondary N) is 2. The Hall–Kier alpha value is -0.480. The summed E-state index contributed by atoms with van der Waals surface area (Å²) in [7, 11) is 0. The summed E-state index contributed by atoms with van der Waals surface area (Å²) in [6.45, 7) is 2.11. The summed E-state index contributed by atoms with van der Waals surface area (Å²) in [6, 6.07) is 0. The first-order valence-electron chi connectivity index (χ1n) is 5.79. The number of hydrogen-bond donors (Lipinski definition) is 2. The number of rotatable bonds is 1. The lowest BCUT2D eigenvalue weighted by Crippen LogP contribution is -2.24. The third kappa shape index (κ3) is 1.81. The number of fused-ring (bicyclic) bond motifs is 1. The van der Waals surface area contributed by atoms with Gasteiger partial charge in [0.1, 0.15) is 0 Å². The number of aromatic nitrogens is 2. The van der Waals surface area contributed by atoms with Crippen molar-refractivity contribution in [2.45, 2.75) is 31.7 Å². The van der Waals surface area contributed by atoms with Crippen LogP contribution in [-0.4, -0.2) is 28.2 Å². The Labute approximate surface area is 94.4 Å². The monoisotopic (exact) mass is 223 g/mol. The minimum absolute atomic E-state index is 0.714. The standard InChI is InChI=1S/C11H17N3S/c1-4-12-7-9-10(1)13-14-11(9)8-2-5-15-6-3-8/h8,12H,1-7H2,(H,13,14). The van der Waals surface area contributed by atoms with Crippen molar-refractivity contribution in [3.63, 3.8) is 0 Å². The number of thioether (sulfide) groups is 1. The Morgan fingerprint density at radius 1 is 1.27 bits per heavy atom. The van der Waals surface area contributed by atoms with Crippen molar-refractivity contribution < 1.29 is 0 Å². The first-order chi connectivity index (χ1) is 7.45. The van der Waals surface area contributed by atoms with Gasteiger partial charge in [-0.15, -0.1) is 0 Å². The molecule has 0 atom stereocenters. The van der Waals surface area contributed by atoms with Crippen LogP contribution in [0.25, 0.3) is 0 Å². The van der Waals surface area contributed by atoms with Gasteiger partial charge < -0.3 is 5.32 Å². The Morgan fingerprint density at radius 3 is 3.00 bits per heavy atom. The van der Waals surface area contributed by atoms with E-state index in [1.165, 1.54) is 41.3 Å². The van der Waals surface area contributed by atoms with Crippen LogP contribution >= 0.6 is 11.8 Å². The molecule has 4 heteroatoms. The Bertz CT molecular complexity index is 342. The molecule has 1 saturated heterocycles. The number of aromatic amines is 1. The fraction of sp³-hybridized carbons (Fsp3) is 0.727. The first kappa shape index (κ1) is 9.73. The maximum Gasteiger partial charge on any atom is 0.0701 e. The molecular formula is C11H17N3S. The molecule has 0 aromatic carbocycles. The van der Waals surface area contributed by atoms with Gasteiger partial charge in [-0.1, -0.05) is 0 Å². The lowest BCUT2D eigenvalue weighted by molar-refractivity contribution is 0.593. The van der Waals surface area contributed by atoms with E-state index in [9.17, 15) is 0 Å². The third-order valence-corrected chi connectivity index (χ3v) is 4.50. The van der Waals surface area contributed by atoms with Crippen LogP contribution in [-0.2, 0) is 13.0 Å². The van der Waals surface area contributed by atoms with E-state index < -0.39 is 0 Å². The van der Waals surface area contributed by atoms with Gasteiger partial charge in [0.05, 0.1) is 5.69 Å². The summed E-state index contributed by atoms with van der Waals surface area (Å²) in [6.07, 6.45) is 3.73. The highest BCUT2D eigenvalue weighted by Crippen LogP contribution is 2.33. The molecule has 1 aromatic heterocycles. The van der Waals surface area contributed by atoms with Gasteiger partial charge >= 0.3 is 0 Å². The molecule has 82 valence electrons. The topological polar surface area (TPSA) is 40.7 Å². The summed E-state index contributed by atoms with van der Waals surface area (Å²) in [5.41, 5.74) is 4.21. The van der Waals surface area contributed by atoms with Crippen LogP contribution in [0.3, 0.4) is 0 Å². The fourth-order valence-corrected chi connectivity index (χ4v) is 3.66. The molecule has 3 rings (SSSR count). The van der Waals surface area contributed by atoms with E-state index in [2.05, 4.69) is 27.3 Å². The Kier molecular flexibility index (Phi) is 2.71. The number of nitrogens with zero attached hydrogens (tertiary/aromatic N) is 1. The predicted octanol–water partition coefficient (Wildman–Crippen LogP) is 1.67. The zero-order valence-corrected chi connectivity index (χ0v) is 9.70. The summed E-state index contributed by atoms with van der Waals surface area (Å²) in [5, 5.41) is 11.2. The predicted molar refractivity (Wildman–Crippen MR) is 63.3 cm³/mol. The van der Waals surface area contributed by atoms with Crippen LogP contribution in [0.4, 0.5) is 0 Å². The van der Waals surface area contributed by atoms with E-state index in [1.807, 2.05) is 0 Å². The van der Waals surface area contributed by atoms with E-state index in [0.29, 0.717) is 5.92 Å². The van der Waals surface area contributed by atoms with Crippen LogP contribution in [0, 0.1) is 0 Å². The molecular weight excluding hydrogens is 206 g/mol. The van der Waals surface area contributed by atoms with Gasteiger partial charge in [-0.3, -0.25) is 5.10 Å². The molecule has 2 aliphatic heterocycles. The van der Waals surface area contributed by atoms with E-state index in [0.717, 1.165) is 19.5 Å². The zero-order valence-electron chi connectivity index (χ0n) is 8.88. The molecule has 0 radical (unpaired) electrons. The summed E-state index contributed by atoms with van der Waals surface area (Å²) in [5.74, 6) is 3.32. The minimum Gasteiger partial charge on any atom is -0.312 e. The molecule has 0 bridgehead atoms. The zero-order chi connectivity index (χ0) is 10.1. The summed E-state index contributed by atoms with van der Waals surface area (Å²) >= 11 is 2.08. The van der Waals surface area contributed by atoms with E-state index in [1.54, 1.807) is 0 Å². The molecule has 0 saturated carbocycles. The highest BCUT2D eigenvalue weighted by Gasteiger charge is 2.24. The van der Waals surface area contributed by atoms with Crippen molar-refractivity contribution in [3.05, 3.63) is 17.0 Å². The van der Waals surface area contributed by atoms with Gasteiger partial charge in [-0.05, 0) is 24.3 Å². The summed E-state index contributed by atoms with van der Waals surface area (Å²) < 4.78 is 0. The third-order valence-electron chi connectivity index (χ3n) is 3.45. The number of hydrogen-bond acceptors (Lipinski definition) is 3. The van der Waals surface area contributed by atoms with Crippen molar-refractivity contribution in [2.24, 2.45) is 0 Å². The average molecular weight is 223 g/mol. The lowest BCUT2D eigenvalue weighted by Gasteiger charge is -2.22. The Balaban J connectivity index is 1.87. The van der Waals surface area contributed by atoms with Crippen LogP contribution in [0.5, 0.6) is 0 Å². The molecule has 1 fully saturated rings. The fourth-order valence-electron chi connectivity index (χ4n) is 2.56. The van der Waals surface area contributed by atoms with Crippen molar-refractivity contribution in [2.75, 3.05) is 18.1 Å². The molecule has 2 aliphatic rings. The SMILES string of the molecule is C1Cc2[nH]nc(C3CCSCC3)c2CN1. The molecule has 3 heterocycles. The van der Waals surface area contributed by atoms with Crippen LogP contribution in [0.2, 0.25) is 0 Å². The van der Waals surface area contributed by atoms with Gasteiger partial charge in [-0.25, -0.2) is 0 Å². The molecule has 0 amide bonds. The molecule has 3 nitrogen and oxygen atoms in total. The lowest BCUT2D eigenvalue weighted by atomic mass is 9.93. The second-order valence-electron chi connectivity index (χ2n) is 4.38. The highest BCUT2D eigenvalue weighted by molar-refractivity contribution is 7.99. The van der Waals surface area contributed by atoms with Gasteiger partial charge in [0.2, 0.25) is 0 Å². The summed E-state index contributed by atoms with van der Waals surface area (Å²) in [4.78, 5) is 0. The van der Waals surface area contributed by atoms with Gasteiger partial charge in [0.25, 0.3) is 0 Å². The van der Waals surface area contributed by atoms with Crippen LogP contribution in [0.15, 0.2) is 0 Å². The Morgan fingerprint density at radius 2 is 2.13 bits per heavy atom. The number of H-pyrrole nitrogens is 1.